The van der Waals surface area contributed by atoms with Crippen LogP contribution in [0.5, 0.6) is 0 Å². The first kappa shape index (κ1) is 12.4. The van der Waals surface area contributed by atoms with Gasteiger partial charge in [0.25, 0.3) is 0 Å². The van der Waals surface area contributed by atoms with E-state index >= 15 is 0 Å². The third-order valence-corrected chi connectivity index (χ3v) is 2.57. The molecule has 1 fully saturated rings. The van der Waals surface area contributed by atoms with Gasteiger partial charge >= 0.3 is 0 Å². The molecule has 0 saturated carbocycles. The molecule has 88 valence electrons. The van der Waals surface area contributed by atoms with Gasteiger partial charge in [-0.3, -0.25) is 9.69 Å². The maximum Gasteiger partial charge on any atom is 0.223 e. The molecule has 1 atom stereocenters. The molecule has 1 heterocycles. The van der Waals surface area contributed by atoms with Crippen LogP contribution in [0.4, 0.5) is 0 Å². The van der Waals surface area contributed by atoms with Gasteiger partial charge in [0.1, 0.15) is 0 Å². The van der Waals surface area contributed by atoms with Gasteiger partial charge in [0.05, 0.1) is 19.3 Å². The maximum absolute atomic E-state index is 11.4. The first-order valence-electron chi connectivity index (χ1n) is 5.28. The minimum atomic E-state index is -0.0896. The SMILES string of the molecule is CN(C)C(=O)CCN1CCOC(CO)C1. The first-order chi connectivity index (χ1) is 7.13. The summed E-state index contributed by atoms with van der Waals surface area (Å²) in [5, 5.41) is 8.95. The van der Waals surface area contributed by atoms with E-state index in [1.54, 1.807) is 19.0 Å². The summed E-state index contributed by atoms with van der Waals surface area (Å²) in [6.07, 6.45) is 0.443. The largest absolute Gasteiger partial charge is 0.394 e. The Morgan fingerprint density at radius 2 is 2.33 bits per heavy atom. The fourth-order valence-corrected chi connectivity index (χ4v) is 1.57. The monoisotopic (exact) mass is 216 g/mol. The lowest BCUT2D eigenvalue weighted by molar-refractivity contribution is -0.129. The number of aliphatic hydroxyl groups is 1. The van der Waals surface area contributed by atoms with E-state index in [2.05, 4.69) is 4.90 Å². The van der Waals surface area contributed by atoms with Crippen molar-refractivity contribution in [1.82, 2.24) is 9.80 Å². The Balaban J connectivity index is 2.23. The van der Waals surface area contributed by atoms with Crippen molar-refractivity contribution < 1.29 is 14.6 Å². The molecule has 5 nitrogen and oxygen atoms in total. The van der Waals surface area contributed by atoms with Crippen LogP contribution in [0.25, 0.3) is 0 Å². The van der Waals surface area contributed by atoms with Crippen molar-refractivity contribution >= 4 is 5.91 Å². The average Bonchev–Trinajstić information content (AvgIpc) is 2.26. The Labute approximate surface area is 90.6 Å². The van der Waals surface area contributed by atoms with Crippen molar-refractivity contribution in [3.63, 3.8) is 0 Å². The summed E-state index contributed by atoms with van der Waals surface area (Å²) in [4.78, 5) is 15.1. The van der Waals surface area contributed by atoms with E-state index in [9.17, 15) is 4.79 Å². The summed E-state index contributed by atoms with van der Waals surface area (Å²) in [5.74, 6) is 0.141. The van der Waals surface area contributed by atoms with Crippen molar-refractivity contribution in [3.05, 3.63) is 0 Å². The van der Waals surface area contributed by atoms with Crippen LogP contribution in [0, 0.1) is 0 Å². The standard InChI is InChI=1S/C10H20N2O3/c1-11(2)10(14)3-4-12-5-6-15-9(7-12)8-13/h9,13H,3-8H2,1-2H3. The molecule has 1 aliphatic rings. The zero-order valence-electron chi connectivity index (χ0n) is 9.48. The fourth-order valence-electron chi connectivity index (χ4n) is 1.57. The van der Waals surface area contributed by atoms with Crippen LogP contribution in [0.1, 0.15) is 6.42 Å². The van der Waals surface area contributed by atoms with Crippen LogP contribution in [0.15, 0.2) is 0 Å². The molecule has 5 heteroatoms. The Hall–Kier alpha value is -0.650. The van der Waals surface area contributed by atoms with E-state index in [1.807, 2.05) is 0 Å². The molecule has 0 radical (unpaired) electrons. The molecule has 0 aromatic heterocycles. The lowest BCUT2D eigenvalue weighted by Gasteiger charge is -2.31. The molecule has 1 aliphatic heterocycles. The quantitative estimate of drug-likeness (QED) is 0.665. The highest BCUT2D eigenvalue weighted by molar-refractivity contribution is 5.75. The molecule has 0 bridgehead atoms. The normalized spacial score (nSPS) is 22.7. The molecular formula is C10H20N2O3. The molecular weight excluding hydrogens is 196 g/mol. The summed E-state index contributed by atoms with van der Waals surface area (Å²) >= 11 is 0. The van der Waals surface area contributed by atoms with E-state index < -0.39 is 0 Å². The lowest BCUT2D eigenvalue weighted by atomic mass is 10.2. The van der Waals surface area contributed by atoms with Crippen molar-refractivity contribution in [2.24, 2.45) is 0 Å². The minimum Gasteiger partial charge on any atom is -0.394 e. The second kappa shape index (κ2) is 6.05. The molecule has 1 amide bonds. The third kappa shape index (κ3) is 4.15. The third-order valence-electron chi connectivity index (χ3n) is 2.57. The van der Waals surface area contributed by atoms with Gasteiger partial charge < -0.3 is 14.7 Å². The number of morpholine rings is 1. The number of hydrogen-bond donors (Lipinski definition) is 1. The smallest absolute Gasteiger partial charge is 0.223 e. The topological polar surface area (TPSA) is 53.0 Å². The van der Waals surface area contributed by atoms with Crippen molar-refractivity contribution in [3.8, 4) is 0 Å². The summed E-state index contributed by atoms with van der Waals surface area (Å²) in [7, 11) is 3.52. The molecule has 1 saturated heterocycles. The van der Waals surface area contributed by atoms with Crippen LogP contribution in [0.2, 0.25) is 0 Å². The highest BCUT2D eigenvalue weighted by atomic mass is 16.5. The summed E-state index contributed by atoms with van der Waals surface area (Å²) < 4.78 is 5.32. The molecule has 0 spiro atoms. The number of aliphatic hydroxyl groups excluding tert-OH is 1. The second-order valence-corrected chi connectivity index (χ2v) is 4.01. The van der Waals surface area contributed by atoms with Gasteiger partial charge in [-0.1, -0.05) is 0 Å². The molecule has 1 rings (SSSR count). The van der Waals surface area contributed by atoms with Gasteiger partial charge in [0.2, 0.25) is 5.91 Å². The highest BCUT2D eigenvalue weighted by Gasteiger charge is 2.20. The zero-order chi connectivity index (χ0) is 11.3. The van der Waals surface area contributed by atoms with E-state index in [1.165, 1.54) is 0 Å². The predicted molar refractivity (Wildman–Crippen MR) is 56.6 cm³/mol. The molecule has 0 aromatic carbocycles. The molecule has 0 aliphatic carbocycles. The average molecular weight is 216 g/mol. The Bertz CT molecular complexity index is 209. The zero-order valence-corrected chi connectivity index (χ0v) is 9.48. The maximum atomic E-state index is 11.4. The number of hydrogen-bond acceptors (Lipinski definition) is 4. The Morgan fingerprint density at radius 1 is 1.60 bits per heavy atom. The van der Waals surface area contributed by atoms with Crippen molar-refractivity contribution in [1.29, 1.82) is 0 Å². The van der Waals surface area contributed by atoms with E-state index in [0.717, 1.165) is 19.6 Å². The van der Waals surface area contributed by atoms with Gasteiger partial charge in [0.15, 0.2) is 0 Å². The number of amides is 1. The molecule has 1 N–H and O–H groups in total. The number of carbonyl (C=O) groups excluding carboxylic acids is 1. The van der Waals surface area contributed by atoms with Gasteiger partial charge in [0, 0.05) is 40.2 Å². The summed E-state index contributed by atoms with van der Waals surface area (Å²) in [6.45, 7) is 3.00. The van der Waals surface area contributed by atoms with Crippen LogP contribution >= 0.6 is 0 Å². The number of ether oxygens (including phenoxy) is 1. The highest BCUT2D eigenvalue weighted by Crippen LogP contribution is 2.05. The summed E-state index contributed by atoms with van der Waals surface area (Å²) in [5.41, 5.74) is 0. The number of carbonyl (C=O) groups is 1. The van der Waals surface area contributed by atoms with Gasteiger partial charge in [-0.2, -0.15) is 0 Å². The Morgan fingerprint density at radius 3 is 2.93 bits per heavy atom. The fraction of sp³-hybridized carbons (Fsp3) is 0.900. The Kier molecular flexibility index (Phi) is 5.01. The second-order valence-electron chi connectivity index (χ2n) is 4.01. The lowest BCUT2D eigenvalue weighted by Crippen LogP contribution is -2.45. The van der Waals surface area contributed by atoms with E-state index in [4.69, 9.17) is 9.84 Å². The van der Waals surface area contributed by atoms with Crippen molar-refractivity contribution in [2.45, 2.75) is 12.5 Å². The summed E-state index contributed by atoms with van der Waals surface area (Å²) in [6, 6.07) is 0. The van der Waals surface area contributed by atoms with Crippen molar-refractivity contribution in [2.75, 3.05) is 46.9 Å². The van der Waals surface area contributed by atoms with E-state index in [-0.39, 0.29) is 18.6 Å². The van der Waals surface area contributed by atoms with E-state index in [0.29, 0.717) is 13.0 Å². The molecule has 15 heavy (non-hydrogen) atoms. The van der Waals surface area contributed by atoms with Crippen LogP contribution in [-0.2, 0) is 9.53 Å². The molecule has 1 unspecified atom stereocenters. The van der Waals surface area contributed by atoms with Crippen LogP contribution < -0.4 is 0 Å². The van der Waals surface area contributed by atoms with Gasteiger partial charge in [-0.05, 0) is 0 Å². The van der Waals surface area contributed by atoms with Crippen LogP contribution in [0.3, 0.4) is 0 Å². The first-order valence-corrected chi connectivity index (χ1v) is 5.28. The molecule has 0 aromatic rings. The van der Waals surface area contributed by atoms with Gasteiger partial charge in [-0.15, -0.1) is 0 Å². The number of nitrogens with zero attached hydrogens (tertiary/aromatic N) is 2. The van der Waals surface area contributed by atoms with Gasteiger partial charge in [-0.25, -0.2) is 0 Å². The van der Waals surface area contributed by atoms with Crippen LogP contribution in [-0.4, -0.2) is 73.9 Å². The number of rotatable bonds is 4. The predicted octanol–water partition coefficient (Wildman–Crippen LogP) is -0.842. The minimum absolute atomic E-state index is 0.0537.